The van der Waals surface area contributed by atoms with Crippen LogP contribution in [0.1, 0.15) is 5.69 Å². The molecular formula is C8H12N6S. The number of nitrogens with one attached hydrogen (secondary N) is 2. The zero-order valence-corrected chi connectivity index (χ0v) is 8.92. The average Bonchev–Trinajstić information content (AvgIpc) is 2.70. The number of nitrogens with two attached hydrogens (primary N) is 1. The standard InChI is InChI=1S/C8H12N6S/c9-6-13-8(10)12-3-2-11-5-7-1-4-15-14-7/h1,4,11H,2-3,5H2,(H3,10,12,13). The maximum Gasteiger partial charge on any atom is 0.202 e. The second-order valence-corrected chi connectivity index (χ2v) is 3.34. The first-order valence-corrected chi connectivity index (χ1v) is 5.21. The molecule has 0 aromatic carbocycles. The van der Waals surface area contributed by atoms with Crippen LogP contribution in [-0.2, 0) is 6.54 Å². The molecule has 80 valence electrons. The van der Waals surface area contributed by atoms with E-state index in [0.29, 0.717) is 13.1 Å². The summed E-state index contributed by atoms with van der Waals surface area (Å²) >= 11 is 1.43. The topological polar surface area (TPSA) is 99.1 Å². The van der Waals surface area contributed by atoms with E-state index in [0.717, 1.165) is 12.2 Å². The van der Waals surface area contributed by atoms with Crippen LogP contribution >= 0.6 is 11.5 Å². The van der Waals surface area contributed by atoms with Crippen molar-refractivity contribution in [2.75, 3.05) is 13.1 Å². The van der Waals surface area contributed by atoms with E-state index in [4.69, 9.17) is 11.0 Å². The minimum absolute atomic E-state index is 0.146. The maximum atomic E-state index is 8.22. The molecule has 0 amide bonds. The maximum absolute atomic E-state index is 8.22. The van der Waals surface area contributed by atoms with Crippen molar-refractivity contribution in [3.63, 3.8) is 0 Å². The normalized spacial score (nSPS) is 11.0. The zero-order valence-electron chi connectivity index (χ0n) is 8.10. The highest BCUT2D eigenvalue weighted by molar-refractivity contribution is 7.03. The summed E-state index contributed by atoms with van der Waals surface area (Å²) in [6, 6.07) is 1.96. The van der Waals surface area contributed by atoms with Gasteiger partial charge in [-0.3, -0.25) is 10.3 Å². The first-order chi connectivity index (χ1) is 7.33. The molecule has 0 saturated carbocycles. The third-order valence-electron chi connectivity index (χ3n) is 1.55. The van der Waals surface area contributed by atoms with Crippen molar-refractivity contribution in [2.24, 2.45) is 10.7 Å². The van der Waals surface area contributed by atoms with E-state index in [1.807, 2.05) is 11.4 Å². The number of aromatic nitrogens is 1. The van der Waals surface area contributed by atoms with Crippen molar-refractivity contribution < 1.29 is 0 Å². The summed E-state index contributed by atoms with van der Waals surface area (Å²) in [6.07, 6.45) is 1.70. The molecule has 0 atom stereocenters. The van der Waals surface area contributed by atoms with E-state index in [1.54, 1.807) is 6.19 Å². The summed E-state index contributed by atoms with van der Waals surface area (Å²) in [6.45, 7) is 1.96. The molecule has 0 unspecified atom stereocenters. The van der Waals surface area contributed by atoms with Gasteiger partial charge >= 0.3 is 0 Å². The predicted molar refractivity (Wildman–Crippen MR) is 59.1 cm³/mol. The molecule has 0 bridgehead atoms. The lowest BCUT2D eigenvalue weighted by Gasteiger charge is -2.00. The number of aliphatic imine (C=N–C) groups is 1. The van der Waals surface area contributed by atoms with Crippen LogP contribution in [0, 0.1) is 11.5 Å². The summed E-state index contributed by atoms with van der Waals surface area (Å²) in [4.78, 5) is 3.91. The molecule has 1 rings (SSSR count). The van der Waals surface area contributed by atoms with E-state index in [-0.39, 0.29) is 5.96 Å². The fraction of sp³-hybridized carbons (Fsp3) is 0.375. The summed E-state index contributed by atoms with van der Waals surface area (Å²) in [5.74, 6) is 0.146. The van der Waals surface area contributed by atoms with E-state index in [2.05, 4.69) is 20.0 Å². The van der Waals surface area contributed by atoms with Gasteiger partial charge in [-0.05, 0) is 17.6 Å². The largest absolute Gasteiger partial charge is 0.369 e. The lowest BCUT2D eigenvalue weighted by molar-refractivity contribution is 0.686. The van der Waals surface area contributed by atoms with Crippen LogP contribution in [0.5, 0.6) is 0 Å². The van der Waals surface area contributed by atoms with Crippen molar-refractivity contribution in [1.82, 2.24) is 15.0 Å². The van der Waals surface area contributed by atoms with Gasteiger partial charge in [-0.2, -0.15) is 9.64 Å². The smallest absolute Gasteiger partial charge is 0.202 e. The van der Waals surface area contributed by atoms with Gasteiger partial charge in [0.2, 0.25) is 5.96 Å². The first kappa shape index (κ1) is 11.4. The summed E-state index contributed by atoms with van der Waals surface area (Å²) < 4.78 is 4.14. The number of nitrogens with zero attached hydrogens (tertiary/aromatic N) is 3. The van der Waals surface area contributed by atoms with Crippen LogP contribution in [0.15, 0.2) is 16.4 Å². The van der Waals surface area contributed by atoms with Crippen LogP contribution in [0.4, 0.5) is 0 Å². The van der Waals surface area contributed by atoms with Crippen LogP contribution in [-0.4, -0.2) is 23.4 Å². The fourth-order valence-electron chi connectivity index (χ4n) is 0.897. The molecule has 4 N–H and O–H groups in total. The Labute approximate surface area is 92.0 Å². The quantitative estimate of drug-likeness (QED) is 0.208. The van der Waals surface area contributed by atoms with Crippen molar-refractivity contribution in [3.05, 3.63) is 17.1 Å². The van der Waals surface area contributed by atoms with Gasteiger partial charge in [0.15, 0.2) is 6.19 Å². The second-order valence-electron chi connectivity index (χ2n) is 2.67. The molecule has 1 aromatic heterocycles. The molecule has 0 radical (unpaired) electrons. The Morgan fingerprint density at radius 3 is 3.27 bits per heavy atom. The molecule has 0 fully saturated rings. The van der Waals surface area contributed by atoms with Crippen LogP contribution in [0.3, 0.4) is 0 Å². The van der Waals surface area contributed by atoms with E-state index < -0.39 is 0 Å². The van der Waals surface area contributed by atoms with Gasteiger partial charge in [-0.15, -0.1) is 0 Å². The van der Waals surface area contributed by atoms with Gasteiger partial charge < -0.3 is 11.1 Å². The molecular weight excluding hydrogens is 212 g/mol. The number of hydrogen-bond donors (Lipinski definition) is 3. The van der Waals surface area contributed by atoms with Gasteiger partial charge in [0.1, 0.15) is 0 Å². The van der Waals surface area contributed by atoms with Crippen molar-refractivity contribution in [1.29, 1.82) is 5.26 Å². The Morgan fingerprint density at radius 1 is 1.73 bits per heavy atom. The lowest BCUT2D eigenvalue weighted by Crippen LogP contribution is -2.28. The first-order valence-electron chi connectivity index (χ1n) is 4.38. The number of guanidine groups is 1. The number of rotatable bonds is 5. The summed E-state index contributed by atoms with van der Waals surface area (Å²) in [5, 5.41) is 15.6. The minimum Gasteiger partial charge on any atom is -0.369 e. The van der Waals surface area contributed by atoms with Crippen molar-refractivity contribution in [2.45, 2.75) is 6.54 Å². The van der Waals surface area contributed by atoms with Crippen LogP contribution in [0.25, 0.3) is 0 Å². The lowest BCUT2D eigenvalue weighted by atomic mass is 10.4. The molecule has 15 heavy (non-hydrogen) atoms. The summed E-state index contributed by atoms with van der Waals surface area (Å²) in [5.41, 5.74) is 6.36. The molecule has 0 aliphatic carbocycles. The Bertz CT molecular complexity index is 339. The Kier molecular flexibility index (Phi) is 5.14. The van der Waals surface area contributed by atoms with Crippen molar-refractivity contribution in [3.8, 4) is 6.19 Å². The van der Waals surface area contributed by atoms with Crippen LogP contribution in [0.2, 0.25) is 0 Å². The predicted octanol–water partition coefficient (Wildman–Crippen LogP) is -0.382. The van der Waals surface area contributed by atoms with Gasteiger partial charge in [-0.25, -0.2) is 0 Å². The molecule has 7 heteroatoms. The Balaban J connectivity index is 2.07. The summed E-state index contributed by atoms with van der Waals surface area (Å²) in [7, 11) is 0. The third-order valence-corrected chi connectivity index (χ3v) is 2.15. The highest BCUT2D eigenvalue weighted by Crippen LogP contribution is 1.97. The molecule has 0 aliphatic heterocycles. The van der Waals surface area contributed by atoms with E-state index >= 15 is 0 Å². The Hall–Kier alpha value is -1.65. The van der Waals surface area contributed by atoms with Gasteiger partial charge in [0.05, 0.1) is 12.2 Å². The third kappa shape index (κ3) is 4.95. The SMILES string of the molecule is N#CNC(N)=NCCNCc1ccsn1. The molecule has 1 aromatic rings. The van der Waals surface area contributed by atoms with Gasteiger partial charge in [-0.1, -0.05) is 0 Å². The second kappa shape index (κ2) is 6.75. The monoisotopic (exact) mass is 224 g/mol. The van der Waals surface area contributed by atoms with Gasteiger partial charge in [0.25, 0.3) is 0 Å². The molecule has 0 saturated heterocycles. The van der Waals surface area contributed by atoms with Crippen LogP contribution < -0.4 is 16.4 Å². The minimum atomic E-state index is 0.146. The zero-order chi connectivity index (χ0) is 10.9. The fourth-order valence-corrected chi connectivity index (χ4v) is 1.44. The number of hydrogen-bond acceptors (Lipinski definition) is 5. The molecule has 6 nitrogen and oxygen atoms in total. The van der Waals surface area contributed by atoms with E-state index in [9.17, 15) is 0 Å². The Morgan fingerprint density at radius 2 is 2.60 bits per heavy atom. The van der Waals surface area contributed by atoms with E-state index in [1.165, 1.54) is 11.5 Å². The highest BCUT2D eigenvalue weighted by atomic mass is 32.1. The number of nitriles is 1. The van der Waals surface area contributed by atoms with Gasteiger partial charge in [0, 0.05) is 18.5 Å². The average molecular weight is 224 g/mol. The molecule has 0 spiro atoms. The van der Waals surface area contributed by atoms with Crippen molar-refractivity contribution >= 4 is 17.5 Å². The molecule has 1 heterocycles. The molecule has 0 aliphatic rings. The highest BCUT2D eigenvalue weighted by Gasteiger charge is 1.93.